The Morgan fingerprint density at radius 2 is 2.25 bits per heavy atom. The van der Waals surface area contributed by atoms with Crippen molar-refractivity contribution in [3.05, 3.63) is 29.6 Å². The molecule has 1 aromatic carbocycles. The summed E-state index contributed by atoms with van der Waals surface area (Å²) >= 11 is 0. The molecule has 1 N–H and O–H groups in total. The van der Waals surface area contributed by atoms with Crippen LogP contribution in [-0.4, -0.2) is 6.54 Å². The largest absolute Gasteiger partial charge is 0.382 e. The molecule has 0 aromatic heterocycles. The molecule has 0 heterocycles. The zero-order valence-electron chi connectivity index (χ0n) is 9.76. The summed E-state index contributed by atoms with van der Waals surface area (Å²) in [6, 6.07) is 6.41. The maximum absolute atomic E-state index is 13.5. The van der Waals surface area contributed by atoms with E-state index in [9.17, 15) is 4.39 Å². The van der Waals surface area contributed by atoms with Gasteiger partial charge in [-0.1, -0.05) is 20.3 Å². The molecule has 3 heteroatoms. The summed E-state index contributed by atoms with van der Waals surface area (Å²) in [6.07, 6.45) is 2.27. The van der Waals surface area contributed by atoms with Gasteiger partial charge in [0.05, 0.1) is 17.3 Å². The number of nitriles is 1. The second-order valence-corrected chi connectivity index (χ2v) is 4.08. The number of nitrogens with one attached hydrogen (secondary N) is 1. The van der Waals surface area contributed by atoms with E-state index in [-0.39, 0.29) is 5.82 Å². The maximum Gasteiger partial charge on any atom is 0.147 e. The number of nitrogens with zero attached hydrogens (tertiary/aromatic N) is 1. The van der Waals surface area contributed by atoms with Crippen LogP contribution in [0.15, 0.2) is 18.2 Å². The van der Waals surface area contributed by atoms with Gasteiger partial charge >= 0.3 is 0 Å². The minimum absolute atomic E-state index is 0.352. The number of hydrogen-bond donors (Lipinski definition) is 1. The molecule has 0 amide bonds. The van der Waals surface area contributed by atoms with Gasteiger partial charge in [0.25, 0.3) is 0 Å². The average molecular weight is 220 g/mol. The summed E-state index contributed by atoms with van der Waals surface area (Å²) in [5.74, 6) is 0.169. The van der Waals surface area contributed by atoms with Crippen LogP contribution in [0, 0.1) is 23.1 Å². The van der Waals surface area contributed by atoms with Crippen LogP contribution in [0.25, 0.3) is 0 Å². The molecule has 0 radical (unpaired) electrons. The Bertz CT molecular complexity index is 382. The lowest BCUT2D eigenvalue weighted by atomic mass is 10.1. The normalized spacial score (nSPS) is 11.9. The lowest BCUT2D eigenvalue weighted by molar-refractivity contribution is 0.547. The maximum atomic E-state index is 13.5. The van der Waals surface area contributed by atoms with Gasteiger partial charge in [0, 0.05) is 6.54 Å². The van der Waals surface area contributed by atoms with Crippen molar-refractivity contribution in [2.45, 2.75) is 26.7 Å². The van der Waals surface area contributed by atoms with Gasteiger partial charge in [-0.15, -0.1) is 0 Å². The SMILES string of the molecule is CCCC(C)CNc1ccc(C#N)cc1F. The molecule has 16 heavy (non-hydrogen) atoms. The van der Waals surface area contributed by atoms with Gasteiger partial charge in [-0.25, -0.2) is 4.39 Å². The van der Waals surface area contributed by atoms with Gasteiger partial charge in [0.1, 0.15) is 5.82 Å². The van der Waals surface area contributed by atoms with Crippen LogP contribution >= 0.6 is 0 Å². The van der Waals surface area contributed by atoms with E-state index in [1.54, 1.807) is 12.1 Å². The van der Waals surface area contributed by atoms with Crippen molar-refractivity contribution in [2.75, 3.05) is 11.9 Å². The molecule has 1 rings (SSSR count). The first-order valence-corrected chi connectivity index (χ1v) is 5.61. The van der Waals surface area contributed by atoms with Gasteiger partial charge in [-0.05, 0) is 30.5 Å². The molecule has 1 atom stereocenters. The topological polar surface area (TPSA) is 35.8 Å². The first-order valence-electron chi connectivity index (χ1n) is 5.61. The Kier molecular flexibility index (Phi) is 4.78. The van der Waals surface area contributed by atoms with Crippen LogP contribution in [-0.2, 0) is 0 Å². The van der Waals surface area contributed by atoms with E-state index in [2.05, 4.69) is 19.2 Å². The first-order chi connectivity index (χ1) is 7.67. The minimum atomic E-state index is -0.359. The van der Waals surface area contributed by atoms with E-state index in [0.717, 1.165) is 19.4 Å². The minimum Gasteiger partial charge on any atom is -0.382 e. The smallest absolute Gasteiger partial charge is 0.147 e. The lowest BCUT2D eigenvalue weighted by Crippen LogP contribution is -2.11. The predicted octanol–water partition coefficient (Wildman–Crippen LogP) is 3.55. The standard InChI is InChI=1S/C13H17FN2/c1-3-4-10(2)9-16-13-6-5-11(8-15)7-12(13)14/h5-7,10,16H,3-4,9H2,1-2H3. The molecule has 0 saturated heterocycles. The van der Waals surface area contributed by atoms with Crippen molar-refractivity contribution in [1.29, 1.82) is 5.26 Å². The monoisotopic (exact) mass is 220 g/mol. The molecule has 0 aliphatic carbocycles. The first kappa shape index (κ1) is 12.5. The van der Waals surface area contributed by atoms with Crippen molar-refractivity contribution in [3.63, 3.8) is 0 Å². The number of anilines is 1. The Morgan fingerprint density at radius 3 is 2.81 bits per heavy atom. The third-order valence-corrected chi connectivity index (χ3v) is 2.52. The fraction of sp³-hybridized carbons (Fsp3) is 0.462. The zero-order valence-corrected chi connectivity index (χ0v) is 9.76. The van der Waals surface area contributed by atoms with Gasteiger partial charge in [-0.2, -0.15) is 5.26 Å². The summed E-state index contributed by atoms with van der Waals surface area (Å²) in [5.41, 5.74) is 0.826. The Balaban J connectivity index is 2.58. The molecular formula is C13H17FN2. The van der Waals surface area contributed by atoms with Crippen LogP contribution in [0.4, 0.5) is 10.1 Å². The lowest BCUT2D eigenvalue weighted by Gasteiger charge is -2.13. The van der Waals surface area contributed by atoms with Gasteiger partial charge in [-0.3, -0.25) is 0 Å². The Morgan fingerprint density at radius 1 is 1.50 bits per heavy atom. The second-order valence-electron chi connectivity index (χ2n) is 4.08. The number of rotatable bonds is 5. The van der Waals surface area contributed by atoms with Crippen LogP contribution in [0.2, 0.25) is 0 Å². The summed E-state index contributed by atoms with van der Waals surface area (Å²) in [4.78, 5) is 0. The molecule has 1 aromatic rings. The number of hydrogen-bond acceptors (Lipinski definition) is 2. The van der Waals surface area contributed by atoms with Crippen molar-refractivity contribution in [1.82, 2.24) is 0 Å². The van der Waals surface area contributed by atoms with Crippen molar-refractivity contribution in [2.24, 2.45) is 5.92 Å². The molecule has 0 saturated carbocycles. The van der Waals surface area contributed by atoms with E-state index in [1.165, 1.54) is 6.07 Å². The zero-order chi connectivity index (χ0) is 12.0. The fourth-order valence-electron chi connectivity index (χ4n) is 1.61. The Hall–Kier alpha value is -1.56. The Labute approximate surface area is 96.1 Å². The van der Waals surface area contributed by atoms with E-state index in [1.807, 2.05) is 6.07 Å². The van der Waals surface area contributed by atoms with Gasteiger partial charge in [0.2, 0.25) is 0 Å². The van der Waals surface area contributed by atoms with Crippen LogP contribution in [0.1, 0.15) is 32.3 Å². The third-order valence-electron chi connectivity index (χ3n) is 2.52. The van der Waals surface area contributed by atoms with Crippen LogP contribution in [0.5, 0.6) is 0 Å². The predicted molar refractivity (Wildman–Crippen MR) is 63.7 cm³/mol. The highest BCUT2D eigenvalue weighted by atomic mass is 19.1. The van der Waals surface area contributed by atoms with Gasteiger partial charge in [0.15, 0.2) is 0 Å². The molecule has 1 unspecified atom stereocenters. The van der Waals surface area contributed by atoms with E-state index in [4.69, 9.17) is 5.26 Å². The summed E-state index contributed by atoms with van der Waals surface area (Å²) in [7, 11) is 0. The van der Waals surface area contributed by atoms with E-state index >= 15 is 0 Å². The second kappa shape index (κ2) is 6.12. The van der Waals surface area contributed by atoms with Crippen molar-refractivity contribution in [3.8, 4) is 6.07 Å². The summed E-state index contributed by atoms with van der Waals surface area (Å²) in [6.45, 7) is 5.04. The fourth-order valence-corrected chi connectivity index (χ4v) is 1.61. The average Bonchev–Trinajstić information content (AvgIpc) is 2.27. The van der Waals surface area contributed by atoms with Crippen molar-refractivity contribution < 1.29 is 4.39 Å². The van der Waals surface area contributed by atoms with Crippen LogP contribution < -0.4 is 5.32 Å². The summed E-state index contributed by atoms with van der Waals surface area (Å²) in [5, 5.41) is 11.7. The highest BCUT2D eigenvalue weighted by molar-refractivity contribution is 5.48. The molecule has 0 bridgehead atoms. The number of halogens is 1. The molecule has 0 aliphatic heterocycles. The van der Waals surface area contributed by atoms with Crippen LogP contribution in [0.3, 0.4) is 0 Å². The molecule has 0 aliphatic rings. The van der Waals surface area contributed by atoms with E-state index < -0.39 is 0 Å². The number of benzene rings is 1. The highest BCUT2D eigenvalue weighted by Crippen LogP contribution is 2.16. The molecule has 0 fully saturated rings. The highest BCUT2D eigenvalue weighted by Gasteiger charge is 2.05. The third kappa shape index (κ3) is 3.54. The molecule has 2 nitrogen and oxygen atoms in total. The molecule has 86 valence electrons. The van der Waals surface area contributed by atoms with Crippen molar-refractivity contribution >= 4 is 5.69 Å². The van der Waals surface area contributed by atoms with Gasteiger partial charge < -0.3 is 5.32 Å². The quantitative estimate of drug-likeness (QED) is 0.823. The summed E-state index contributed by atoms with van der Waals surface area (Å²) < 4.78 is 13.5. The molecular weight excluding hydrogens is 203 g/mol. The van der Waals surface area contributed by atoms with E-state index in [0.29, 0.717) is 17.2 Å². The molecule has 0 spiro atoms.